The fourth-order valence-electron chi connectivity index (χ4n) is 5.18. The van der Waals surface area contributed by atoms with E-state index in [4.69, 9.17) is 4.74 Å². The minimum absolute atomic E-state index is 0.0608. The molecule has 0 radical (unpaired) electrons. The Morgan fingerprint density at radius 2 is 1.50 bits per heavy atom. The maximum atomic E-state index is 14.1. The molecule has 0 saturated carbocycles. The smallest absolute Gasteiger partial charge is 0.254 e. The van der Waals surface area contributed by atoms with Crippen LogP contribution in [0.1, 0.15) is 33.4 Å². The first-order valence-corrected chi connectivity index (χ1v) is 11.7. The molecule has 2 aliphatic rings. The summed E-state index contributed by atoms with van der Waals surface area (Å²) in [6.07, 6.45) is 0. The van der Waals surface area contributed by atoms with E-state index in [9.17, 15) is 9.59 Å². The lowest BCUT2D eigenvalue weighted by atomic mass is 9.79. The number of amides is 2. The summed E-state index contributed by atoms with van der Waals surface area (Å²) in [4.78, 5) is 33.3. The van der Waals surface area contributed by atoms with Gasteiger partial charge in [0.25, 0.3) is 5.91 Å². The number of hydrogen-bond donors (Lipinski definition) is 0. The number of carbonyl (C=O) groups is 2. The van der Waals surface area contributed by atoms with E-state index in [1.54, 1.807) is 19.1 Å². The summed E-state index contributed by atoms with van der Waals surface area (Å²) >= 11 is 0. The summed E-state index contributed by atoms with van der Waals surface area (Å²) in [5, 5.41) is 0. The first-order chi connectivity index (χ1) is 16.6. The maximum absolute atomic E-state index is 14.1. The van der Waals surface area contributed by atoms with E-state index in [0.29, 0.717) is 18.7 Å². The number of piperazine rings is 1. The van der Waals surface area contributed by atoms with Gasteiger partial charge in [-0.2, -0.15) is 0 Å². The first kappa shape index (κ1) is 22.0. The monoisotopic (exact) mass is 455 g/mol. The minimum atomic E-state index is -0.462. The molecule has 2 amide bonds. The van der Waals surface area contributed by atoms with Crippen LogP contribution in [0.4, 0.5) is 5.69 Å². The number of methoxy groups -OCH3 is 1. The Morgan fingerprint density at radius 1 is 0.853 bits per heavy atom. The number of nitrogens with zero attached hydrogens (tertiary/aromatic N) is 3. The van der Waals surface area contributed by atoms with Crippen LogP contribution in [0, 0.1) is 0 Å². The number of likely N-dealkylation sites (N-methyl/N-ethyl adjacent to an activating group) is 1. The lowest BCUT2D eigenvalue weighted by Crippen LogP contribution is -2.53. The van der Waals surface area contributed by atoms with Crippen molar-refractivity contribution in [3.63, 3.8) is 0 Å². The number of benzene rings is 3. The van der Waals surface area contributed by atoms with Gasteiger partial charge in [-0.05, 0) is 41.5 Å². The predicted molar refractivity (Wildman–Crippen MR) is 132 cm³/mol. The predicted octanol–water partition coefficient (Wildman–Crippen LogP) is 3.95. The van der Waals surface area contributed by atoms with Gasteiger partial charge in [0.2, 0.25) is 5.91 Å². The van der Waals surface area contributed by atoms with Gasteiger partial charge in [-0.1, -0.05) is 48.5 Å². The van der Waals surface area contributed by atoms with Crippen LogP contribution >= 0.6 is 0 Å². The molecular weight excluding hydrogens is 426 g/mol. The highest BCUT2D eigenvalue weighted by molar-refractivity contribution is 6.01. The fourth-order valence-corrected chi connectivity index (χ4v) is 5.18. The van der Waals surface area contributed by atoms with Gasteiger partial charge in [-0.3, -0.25) is 9.59 Å². The molecule has 5 rings (SSSR count). The van der Waals surface area contributed by atoms with Gasteiger partial charge in [-0.25, -0.2) is 0 Å². The lowest BCUT2D eigenvalue weighted by molar-refractivity contribution is -0.134. The largest absolute Gasteiger partial charge is 0.497 e. The minimum Gasteiger partial charge on any atom is -0.497 e. The van der Waals surface area contributed by atoms with Crippen molar-refractivity contribution in [2.45, 2.75) is 12.0 Å². The SMILES string of the molecule is COc1ccc([C@H]2[C@H](C(=O)N3CCN(c4ccccc4)CC3)c3ccccc3C(=O)N2C)cc1. The molecule has 0 spiro atoms. The van der Waals surface area contributed by atoms with Gasteiger partial charge >= 0.3 is 0 Å². The summed E-state index contributed by atoms with van der Waals surface area (Å²) in [5.74, 6) is 0.291. The number of para-hydroxylation sites is 1. The second-order valence-corrected chi connectivity index (χ2v) is 8.85. The Hall–Kier alpha value is -3.80. The molecular formula is C28H29N3O3. The Balaban J connectivity index is 1.46. The second kappa shape index (κ2) is 9.21. The third-order valence-electron chi connectivity index (χ3n) is 7.02. The van der Waals surface area contributed by atoms with Crippen LogP contribution in [0.3, 0.4) is 0 Å². The Morgan fingerprint density at radius 3 is 2.18 bits per heavy atom. The molecule has 6 heteroatoms. The molecule has 0 N–H and O–H groups in total. The van der Waals surface area contributed by atoms with Crippen molar-refractivity contribution < 1.29 is 14.3 Å². The van der Waals surface area contributed by atoms with Crippen LogP contribution < -0.4 is 9.64 Å². The van der Waals surface area contributed by atoms with Crippen molar-refractivity contribution in [1.29, 1.82) is 0 Å². The summed E-state index contributed by atoms with van der Waals surface area (Å²) in [5.41, 5.74) is 3.52. The molecule has 2 heterocycles. The zero-order valence-electron chi connectivity index (χ0n) is 19.6. The first-order valence-electron chi connectivity index (χ1n) is 11.7. The van der Waals surface area contributed by atoms with E-state index >= 15 is 0 Å². The molecule has 1 saturated heterocycles. The number of fused-ring (bicyclic) bond motifs is 1. The highest BCUT2D eigenvalue weighted by Crippen LogP contribution is 2.43. The molecule has 2 aliphatic heterocycles. The summed E-state index contributed by atoms with van der Waals surface area (Å²) in [6, 6.07) is 25.1. The van der Waals surface area contributed by atoms with E-state index in [0.717, 1.165) is 30.0 Å². The molecule has 0 bridgehead atoms. The van der Waals surface area contributed by atoms with Crippen LogP contribution in [0.25, 0.3) is 0 Å². The molecule has 0 aliphatic carbocycles. The zero-order valence-corrected chi connectivity index (χ0v) is 19.6. The fraction of sp³-hybridized carbons (Fsp3) is 0.286. The second-order valence-electron chi connectivity index (χ2n) is 8.85. The van der Waals surface area contributed by atoms with Crippen molar-refractivity contribution >= 4 is 17.5 Å². The number of ether oxygens (including phenoxy) is 1. The molecule has 3 aromatic carbocycles. The van der Waals surface area contributed by atoms with Gasteiger partial charge in [0.1, 0.15) is 5.75 Å². The third-order valence-corrected chi connectivity index (χ3v) is 7.02. The van der Waals surface area contributed by atoms with Gasteiger partial charge in [0, 0.05) is 44.5 Å². The van der Waals surface area contributed by atoms with Crippen molar-refractivity contribution in [2.24, 2.45) is 0 Å². The van der Waals surface area contributed by atoms with Gasteiger partial charge in [-0.15, -0.1) is 0 Å². The topological polar surface area (TPSA) is 53.1 Å². The van der Waals surface area contributed by atoms with Crippen molar-refractivity contribution in [1.82, 2.24) is 9.80 Å². The Kier molecular flexibility index (Phi) is 5.97. The summed E-state index contributed by atoms with van der Waals surface area (Å²) in [7, 11) is 3.42. The number of hydrogen-bond acceptors (Lipinski definition) is 4. The van der Waals surface area contributed by atoms with E-state index in [-0.39, 0.29) is 17.9 Å². The lowest BCUT2D eigenvalue weighted by Gasteiger charge is -2.43. The zero-order chi connectivity index (χ0) is 23.7. The quantitative estimate of drug-likeness (QED) is 0.598. The van der Waals surface area contributed by atoms with Gasteiger partial charge < -0.3 is 19.4 Å². The highest BCUT2D eigenvalue weighted by atomic mass is 16.5. The Bertz CT molecular complexity index is 1170. The molecule has 0 unspecified atom stereocenters. The summed E-state index contributed by atoms with van der Waals surface area (Å²) < 4.78 is 5.32. The average molecular weight is 456 g/mol. The number of rotatable bonds is 4. The molecule has 0 aromatic heterocycles. The van der Waals surface area contributed by atoms with Crippen LogP contribution in [-0.2, 0) is 4.79 Å². The number of carbonyl (C=O) groups excluding carboxylic acids is 2. The highest BCUT2D eigenvalue weighted by Gasteiger charge is 2.44. The van der Waals surface area contributed by atoms with Crippen molar-refractivity contribution in [3.05, 3.63) is 95.6 Å². The molecule has 6 nitrogen and oxygen atoms in total. The maximum Gasteiger partial charge on any atom is 0.254 e. The summed E-state index contributed by atoms with van der Waals surface area (Å²) in [6.45, 7) is 2.87. The molecule has 174 valence electrons. The van der Waals surface area contributed by atoms with Crippen LogP contribution in [0.5, 0.6) is 5.75 Å². The van der Waals surface area contributed by atoms with Crippen LogP contribution in [0.2, 0.25) is 0 Å². The van der Waals surface area contributed by atoms with Crippen molar-refractivity contribution in [3.8, 4) is 5.75 Å². The Labute approximate surface area is 200 Å². The van der Waals surface area contributed by atoms with E-state index in [1.807, 2.05) is 71.6 Å². The molecule has 3 aromatic rings. The standard InChI is InChI=1S/C28H29N3O3/c1-29-26(20-12-14-22(34-2)15-13-20)25(23-10-6-7-11-24(23)27(29)32)28(33)31-18-16-30(17-19-31)21-8-4-3-5-9-21/h3-15,25-26H,16-19H2,1-2H3/t25-,26+/m1/s1. The molecule has 34 heavy (non-hydrogen) atoms. The van der Waals surface area contributed by atoms with Crippen LogP contribution in [0.15, 0.2) is 78.9 Å². The van der Waals surface area contributed by atoms with E-state index in [2.05, 4.69) is 17.0 Å². The van der Waals surface area contributed by atoms with E-state index < -0.39 is 5.92 Å². The van der Waals surface area contributed by atoms with Crippen molar-refractivity contribution in [2.75, 3.05) is 45.2 Å². The van der Waals surface area contributed by atoms with Gasteiger partial charge in [0.15, 0.2) is 0 Å². The normalized spacial score (nSPS) is 20.2. The average Bonchev–Trinajstić information content (AvgIpc) is 2.91. The van der Waals surface area contributed by atoms with E-state index in [1.165, 1.54) is 5.69 Å². The third kappa shape index (κ3) is 3.89. The van der Waals surface area contributed by atoms with Crippen LogP contribution in [-0.4, -0.2) is 62.0 Å². The van der Waals surface area contributed by atoms with Gasteiger partial charge in [0.05, 0.1) is 19.1 Å². The number of anilines is 1. The molecule has 2 atom stereocenters. The molecule has 1 fully saturated rings.